The van der Waals surface area contributed by atoms with Gasteiger partial charge >= 0.3 is 5.97 Å². The number of carbonyl (C=O) groups is 1. The van der Waals surface area contributed by atoms with E-state index in [2.05, 4.69) is 6.58 Å². The van der Waals surface area contributed by atoms with Crippen molar-refractivity contribution in [1.82, 2.24) is 0 Å². The summed E-state index contributed by atoms with van der Waals surface area (Å²) in [5.41, 5.74) is 1.35. The maximum absolute atomic E-state index is 11.1. The van der Waals surface area contributed by atoms with Crippen molar-refractivity contribution in [3.05, 3.63) is 36.0 Å². The van der Waals surface area contributed by atoms with Gasteiger partial charge in [0.25, 0.3) is 0 Å². The van der Waals surface area contributed by atoms with Crippen LogP contribution in [0, 0.1) is 0 Å². The summed E-state index contributed by atoms with van der Waals surface area (Å²) in [6.45, 7) is 7.48. The molecule has 0 radical (unpaired) electrons. The first kappa shape index (κ1) is 8.78. The van der Waals surface area contributed by atoms with E-state index in [1.54, 1.807) is 12.2 Å². The maximum Gasteiger partial charge on any atom is 0.339 e. The van der Waals surface area contributed by atoms with Gasteiger partial charge < -0.3 is 4.74 Å². The van der Waals surface area contributed by atoms with Gasteiger partial charge in [-0.05, 0) is 25.5 Å². The number of esters is 1. The molecule has 0 aromatic carbocycles. The number of hydrogen-bond donors (Lipinski definition) is 0. The van der Waals surface area contributed by atoms with Crippen LogP contribution in [0.5, 0.6) is 0 Å². The fourth-order valence-corrected chi connectivity index (χ4v) is 1.01. The van der Waals surface area contributed by atoms with Crippen LogP contribution in [0.25, 0.3) is 0 Å². The molecule has 0 aromatic rings. The van der Waals surface area contributed by atoms with Crippen LogP contribution in [-0.2, 0) is 9.53 Å². The summed E-state index contributed by atoms with van der Waals surface area (Å²) in [5, 5.41) is 0. The molecule has 1 aliphatic rings. The predicted octanol–water partition coefficient (Wildman–Crippen LogP) is 1.99. The van der Waals surface area contributed by atoms with E-state index in [4.69, 9.17) is 4.74 Å². The van der Waals surface area contributed by atoms with Crippen LogP contribution in [0.1, 0.15) is 13.8 Å². The summed E-state index contributed by atoms with van der Waals surface area (Å²) in [4.78, 5) is 11.1. The van der Waals surface area contributed by atoms with E-state index in [1.165, 1.54) is 0 Å². The molecule has 1 unspecified atom stereocenters. The van der Waals surface area contributed by atoms with E-state index in [0.29, 0.717) is 5.57 Å². The molecule has 64 valence electrons. The highest BCUT2D eigenvalue weighted by Crippen LogP contribution is 2.24. The molecule has 0 amide bonds. The van der Waals surface area contributed by atoms with Gasteiger partial charge in [-0.25, -0.2) is 4.79 Å². The molecule has 0 saturated carbocycles. The van der Waals surface area contributed by atoms with Crippen molar-refractivity contribution in [2.24, 2.45) is 0 Å². The van der Waals surface area contributed by atoms with Crippen molar-refractivity contribution < 1.29 is 9.53 Å². The first-order chi connectivity index (χ1) is 5.66. The van der Waals surface area contributed by atoms with Crippen LogP contribution in [-0.4, -0.2) is 12.1 Å². The lowest BCUT2D eigenvalue weighted by atomic mass is 10.1. The number of allylic oxidation sites excluding steroid dienone is 3. The van der Waals surface area contributed by atoms with Gasteiger partial charge in [0.15, 0.2) is 0 Å². The second-order valence-electron chi connectivity index (χ2n) is 2.68. The maximum atomic E-state index is 11.1. The second-order valence-corrected chi connectivity index (χ2v) is 2.68. The molecular weight excluding hydrogens is 152 g/mol. The molecule has 0 spiro atoms. The predicted molar refractivity (Wildman–Crippen MR) is 47.6 cm³/mol. The molecule has 0 bridgehead atoms. The molecule has 1 fully saturated rings. The molecule has 1 rings (SSSR count). The van der Waals surface area contributed by atoms with Crippen LogP contribution in [0.4, 0.5) is 0 Å². The average molecular weight is 164 g/mol. The largest absolute Gasteiger partial charge is 0.454 e. The molecule has 1 heterocycles. The zero-order valence-electron chi connectivity index (χ0n) is 7.33. The standard InChI is InChI=1S/C10H12O2/c1-4-5-6-9-7(2)8(3)12-10(9)11/h4-6,8H,2H2,1,3H3/b5-4-,9-6+. The summed E-state index contributed by atoms with van der Waals surface area (Å²) >= 11 is 0. The number of rotatable bonds is 1. The van der Waals surface area contributed by atoms with E-state index < -0.39 is 0 Å². The van der Waals surface area contributed by atoms with Gasteiger partial charge in [-0.2, -0.15) is 0 Å². The minimum absolute atomic E-state index is 0.172. The Hall–Kier alpha value is -1.31. The SMILES string of the molecule is C=C1/C(=C\C=C/C)C(=O)OC1C. The Kier molecular flexibility index (Phi) is 2.48. The minimum atomic E-state index is -0.273. The van der Waals surface area contributed by atoms with Crippen LogP contribution >= 0.6 is 0 Å². The minimum Gasteiger partial charge on any atom is -0.454 e. The Bertz CT molecular complexity index is 272. The average Bonchev–Trinajstić information content (AvgIpc) is 2.25. The van der Waals surface area contributed by atoms with Gasteiger partial charge in [-0.15, -0.1) is 0 Å². The van der Waals surface area contributed by atoms with Gasteiger partial charge in [0.05, 0.1) is 5.57 Å². The van der Waals surface area contributed by atoms with E-state index >= 15 is 0 Å². The van der Waals surface area contributed by atoms with Crippen molar-refractivity contribution in [3.63, 3.8) is 0 Å². The first-order valence-electron chi connectivity index (χ1n) is 3.90. The van der Waals surface area contributed by atoms with Gasteiger partial charge in [-0.3, -0.25) is 0 Å². The van der Waals surface area contributed by atoms with E-state index in [1.807, 2.05) is 19.9 Å². The number of hydrogen-bond acceptors (Lipinski definition) is 2. The normalized spacial score (nSPS) is 27.2. The van der Waals surface area contributed by atoms with Crippen molar-refractivity contribution in [2.45, 2.75) is 20.0 Å². The third-order valence-corrected chi connectivity index (χ3v) is 1.80. The Morgan fingerprint density at radius 1 is 1.58 bits per heavy atom. The van der Waals surface area contributed by atoms with E-state index in [-0.39, 0.29) is 12.1 Å². The topological polar surface area (TPSA) is 26.3 Å². The summed E-state index contributed by atoms with van der Waals surface area (Å²) in [7, 11) is 0. The molecule has 0 N–H and O–H groups in total. The third kappa shape index (κ3) is 1.47. The number of carbonyl (C=O) groups excluding carboxylic acids is 1. The molecule has 0 aliphatic carbocycles. The molecule has 0 aromatic heterocycles. The summed E-state index contributed by atoms with van der Waals surface area (Å²) in [5.74, 6) is -0.273. The molecule has 1 atom stereocenters. The third-order valence-electron chi connectivity index (χ3n) is 1.80. The molecular formula is C10H12O2. The highest BCUT2D eigenvalue weighted by Gasteiger charge is 2.28. The zero-order valence-corrected chi connectivity index (χ0v) is 7.33. The number of cyclic esters (lactones) is 1. The smallest absolute Gasteiger partial charge is 0.339 e. The summed E-state index contributed by atoms with van der Waals surface area (Å²) in [6, 6.07) is 0. The number of ether oxygens (including phenoxy) is 1. The van der Waals surface area contributed by atoms with Crippen LogP contribution in [0.15, 0.2) is 36.0 Å². The van der Waals surface area contributed by atoms with Crippen molar-refractivity contribution in [1.29, 1.82) is 0 Å². The lowest BCUT2D eigenvalue weighted by Crippen LogP contribution is -2.00. The van der Waals surface area contributed by atoms with Gasteiger partial charge in [0, 0.05) is 0 Å². The Labute approximate surface area is 72.2 Å². The Balaban J connectivity index is 2.91. The monoisotopic (exact) mass is 164 g/mol. The fourth-order valence-electron chi connectivity index (χ4n) is 1.01. The second kappa shape index (κ2) is 3.39. The lowest BCUT2D eigenvalue weighted by molar-refractivity contribution is -0.137. The van der Waals surface area contributed by atoms with E-state index in [9.17, 15) is 4.79 Å². The molecule has 1 saturated heterocycles. The summed E-state index contributed by atoms with van der Waals surface area (Å²) < 4.78 is 4.94. The van der Waals surface area contributed by atoms with Crippen molar-refractivity contribution >= 4 is 5.97 Å². The van der Waals surface area contributed by atoms with Crippen molar-refractivity contribution in [3.8, 4) is 0 Å². The Morgan fingerprint density at radius 3 is 2.67 bits per heavy atom. The van der Waals surface area contributed by atoms with Crippen LogP contribution < -0.4 is 0 Å². The van der Waals surface area contributed by atoms with E-state index in [0.717, 1.165) is 5.57 Å². The van der Waals surface area contributed by atoms with Crippen molar-refractivity contribution in [2.75, 3.05) is 0 Å². The van der Waals surface area contributed by atoms with Gasteiger partial charge in [0.1, 0.15) is 6.10 Å². The molecule has 12 heavy (non-hydrogen) atoms. The summed E-state index contributed by atoms with van der Waals surface area (Å²) in [6.07, 6.45) is 5.22. The highest BCUT2D eigenvalue weighted by molar-refractivity contribution is 5.97. The fraction of sp³-hybridized carbons (Fsp3) is 0.300. The lowest BCUT2D eigenvalue weighted by Gasteiger charge is -1.98. The molecule has 2 nitrogen and oxygen atoms in total. The van der Waals surface area contributed by atoms with Crippen LogP contribution in [0.2, 0.25) is 0 Å². The van der Waals surface area contributed by atoms with Gasteiger partial charge in [-0.1, -0.05) is 18.7 Å². The zero-order chi connectivity index (χ0) is 9.14. The first-order valence-corrected chi connectivity index (χ1v) is 3.90. The molecule has 2 heteroatoms. The van der Waals surface area contributed by atoms with Crippen LogP contribution in [0.3, 0.4) is 0 Å². The Morgan fingerprint density at radius 2 is 2.25 bits per heavy atom. The quantitative estimate of drug-likeness (QED) is 0.437. The molecule has 1 aliphatic heterocycles. The highest BCUT2D eigenvalue weighted by atomic mass is 16.5. The van der Waals surface area contributed by atoms with Gasteiger partial charge in [0.2, 0.25) is 0 Å².